The Bertz CT molecular complexity index is 1060. The second-order valence-corrected chi connectivity index (χ2v) is 6.61. The lowest BCUT2D eigenvalue weighted by atomic mass is 10.1. The van der Waals surface area contributed by atoms with Crippen molar-refractivity contribution in [2.45, 2.75) is 24.5 Å². The average molecular weight is 415 g/mol. The fraction of sp³-hybridized carbons (Fsp3) is 0.333. The minimum Gasteiger partial charge on any atom is -0.497 e. The van der Waals surface area contributed by atoms with E-state index in [2.05, 4.69) is 25.5 Å². The van der Waals surface area contributed by atoms with Crippen LogP contribution in [-0.4, -0.2) is 73.1 Å². The summed E-state index contributed by atoms with van der Waals surface area (Å²) < 4.78 is 12.2. The summed E-state index contributed by atoms with van der Waals surface area (Å²) in [5.74, 6) is 1.02. The molecule has 0 bridgehead atoms. The smallest absolute Gasteiger partial charge is 0.228 e. The molecule has 1 aliphatic heterocycles. The van der Waals surface area contributed by atoms with Crippen LogP contribution in [0.4, 0.5) is 11.8 Å². The molecular formula is C18H21N7O5. The standard InChI is InChI=1S/C18H21N7O5/c1-29-10-4-2-9(3-5-10)6-22-24-18-23-12-15(19)20-8-21-16(12)25(18)17-14(28)13(27)11(7-26)30-17/h2-6,8,11,13-14,17,26-28H,7H2,1H3,(H,23,24)(H2,19,20,21). The number of ether oxygens (including phenoxy) is 2. The highest BCUT2D eigenvalue weighted by Gasteiger charge is 2.45. The molecule has 30 heavy (non-hydrogen) atoms. The van der Waals surface area contributed by atoms with Crippen LogP contribution < -0.4 is 15.9 Å². The van der Waals surface area contributed by atoms with Crippen molar-refractivity contribution >= 4 is 29.1 Å². The first-order valence-corrected chi connectivity index (χ1v) is 9.07. The number of aliphatic hydroxyl groups excluding tert-OH is 3. The molecule has 4 rings (SSSR count). The molecule has 1 fully saturated rings. The molecule has 6 N–H and O–H groups in total. The molecule has 3 heterocycles. The zero-order valence-electron chi connectivity index (χ0n) is 16.0. The largest absolute Gasteiger partial charge is 0.497 e. The summed E-state index contributed by atoms with van der Waals surface area (Å²) in [4.78, 5) is 12.4. The van der Waals surface area contributed by atoms with Crippen molar-refractivity contribution in [1.82, 2.24) is 19.5 Å². The number of hydrogen-bond donors (Lipinski definition) is 5. The molecule has 1 aromatic carbocycles. The summed E-state index contributed by atoms with van der Waals surface area (Å²) in [6, 6.07) is 7.24. The van der Waals surface area contributed by atoms with Gasteiger partial charge in [0.15, 0.2) is 23.2 Å². The van der Waals surface area contributed by atoms with Gasteiger partial charge in [0.1, 0.15) is 30.4 Å². The molecule has 0 spiro atoms. The third-order valence-corrected chi connectivity index (χ3v) is 4.77. The summed E-state index contributed by atoms with van der Waals surface area (Å²) in [5.41, 5.74) is 10.0. The quantitative estimate of drug-likeness (QED) is 0.260. The molecule has 158 valence electrons. The maximum Gasteiger partial charge on any atom is 0.228 e. The number of aromatic nitrogens is 4. The van der Waals surface area contributed by atoms with Crippen molar-refractivity contribution in [2.75, 3.05) is 24.9 Å². The highest BCUT2D eigenvalue weighted by Crippen LogP contribution is 2.35. The minimum atomic E-state index is -1.33. The van der Waals surface area contributed by atoms with Crippen LogP contribution in [0.15, 0.2) is 35.7 Å². The van der Waals surface area contributed by atoms with E-state index in [1.807, 2.05) is 12.1 Å². The number of aliphatic hydroxyl groups is 3. The molecule has 2 aromatic heterocycles. The number of imidazole rings is 1. The Labute approximate surface area is 170 Å². The summed E-state index contributed by atoms with van der Waals surface area (Å²) in [5, 5.41) is 34.1. The molecule has 1 saturated heterocycles. The summed E-state index contributed by atoms with van der Waals surface area (Å²) >= 11 is 0. The van der Waals surface area contributed by atoms with Gasteiger partial charge in [0.2, 0.25) is 5.95 Å². The third kappa shape index (κ3) is 3.52. The topological polar surface area (TPSA) is 173 Å². The molecule has 4 unspecified atom stereocenters. The van der Waals surface area contributed by atoms with Gasteiger partial charge in [-0.2, -0.15) is 5.10 Å². The molecule has 1 aliphatic rings. The van der Waals surface area contributed by atoms with Crippen LogP contribution in [0, 0.1) is 0 Å². The zero-order chi connectivity index (χ0) is 21.3. The first-order valence-electron chi connectivity index (χ1n) is 9.07. The van der Waals surface area contributed by atoms with Crippen molar-refractivity contribution in [3.8, 4) is 5.75 Å². The first-order chi connectivity index (χ1) is 14.5. The van der Waals surface area contributed by atoms with Crippen molar-refractivity contribution in [2.24, 2.45) is 5.10 Å². The first kappa shape index (κ1) is 20.0. The second kappa shape index (κ2) is 8.20. The van der Waals surface area contributed by atoms with Gasteiger partial charge in [-0.05, 0) is 29.8 Å². The van der Waals surface area contributed by atoms with Crippen molar-refractivity contribution in [3.63, 3.8) is 0 Å². The molecule has 12 nitrogen and oxygen atoms in total. The number of nitrogen functional groups attached to an aromatic ring is 1. The number of hydrazone groups is 1. The highest BCUT2D eigenvalue weighted by atomic mass is 16.6. The van der Waals surface area contributed by atoms with E-state index in [4.69, 9.17) is 15.2 Å². The van der Waals surface area contributed by atoms with E-state index in [-0.39, 0.29) is 22.9 Å². The Morgan fingerprint density at radius 1 is 1.27 bits per heavy atom. The number of hydrogen-bond acceptors (Lipinski definition) is 11. The normalized spacial score (nSPS) is 24.0. The number of anilines is 2. The van der Waals surface area contributed by atoms with Gasteiger partial charge in [-0.3, -0.25) is 4.57 Å². The molecule has 0 radical (unpaired) electrons. The fourth-order valence-electron chi connectivity index (χ4n) is 3.19. The maximum absolute atomic E-state index is 10.4. The summed E-state index contributed by atoms with van der Waals surface area (Å²) in [6.45, 7) is -0.461. The van der Waals surface area contributed by atoms with Gasteiger partial charge in [0, 0.05) is 0 Å². The molecule has 12 heteroatoms. The van der Waals surface area contributed by atoms with Crippen LogP contribution in [0.2, 0.25) is 0 Å². The number of nitrogens with two attached hydrogens (primary N) is 1. The number of rotatable bonds is 6. The zero-order valence-corrected chi connectivity index (χ0v) is 16.0. The van der Waals surface area contributed by atoms with Crippen molar-refractivity contribution in [3.05, 3.63) is 36.2 Å². The van der Waals surface area contributed by atoms with Crippen LogP contribution in [0.1, 0.15) is 11.8 Å². The van der Waals surface area contributed by atoms with Gasteiger partial charge >= 0.3 is 0 Å². The van der Waals surface area contributed by atoms with Crippen LogP contribution in [-0.2, 0) is 4.74 Å². The SMILES string of the molecule is COc1ccc(C=NNc2nc3c(N)ncnc3n2C2OC(CO)C(O)C2O)cc1. The van der Waals surface area contributed by atoms with Gasteiger partial charge in [0.25, 0.3) is 0 Å². The number of nitrogens with one attached hydrogen (secondary N) is 1. The van der Waals surface area contributed by atoms with E-state index in [9.17, 15) is 15.3 Å². The monoisotopic (exact) mass is 415 g/mol. The predicted octanol–water partition coefficient (Wildman–Crippen LogP) is -0.525. The summed E-state index contributed by atoms with van der Waals surface area (Å²) in [6.07, 6.45) is -1.83. The fourth-order valence-corrected chi connectivity index (χ4v) is 3.19. The Kier molecular flexibility index (Phi) is 5.46. The Morgan fingerprint density at radius 2 is 2.03 bits per heavy atom. The molecule has 0 amide bonds. The van der Waals surface area contributed by atoms with E-state index in [0.717, 1.165) is 11.3 Å². The van der Waals surface area contributed by atoms with Crippen LogP contribution >= 0.6 is 0 Å². The lowest BCUT2D eigenvalue weighted by Crippen LogP contribution is -2.33. The molecule has 3 aromatic rings. The molecule has 0 aliphatic carbocycles. The lowest BCUT2D eigenvalue weighted by molar-refractivity contribution is -0.0501. The average Bonchev–Trinajstić information content (AvgIpc) is 3.26. The van der Waals surface area contributed by atoms with E-state index >= 15 is 0 Å². The third-order valence-electron chi connectivity index (χ3n) is 4.77. The summed E-state index contributed by atoms with van der Waals surface area (Å²) in [7, 11) is 1.58. The maximum atomic E-state index is 10.4. The van der Waals surface area contributed by atoms with Gasteiger partial charge < -0.3 is 30.5 Å². The van der Waals surface area contributed by atoms with E-state index in [0.29, 0.717) is 0 Å². The Morgan fingerprint density at radius 3 is 2.70 bits per heavy atom. The van der Waals surface area contributed by atoms with Crippen molar-refractivity contribution in [1.29, 1.82) is 0 Å². The van der Waals surface area contributed by atoms with Crippen LogP contribution in [0.25, 0.3) is 11.2 Å². The molecular weight excluding hydrogens is 394 g/mol. The number of benzene rings is 1. The Balaban J connectivity index is 1.68. The van der Waals surface area contributed by atoms with Crippen LogP contribution in [0.3, 0.4) is 0 Å². The molecule has 0 saturated carbocycles. The molecule has 4 atom stereocenters. The van der Waals surface area contributed by atoms with Gasteiger partial charge in [0.05, 0.1) is 19.9 Å². The van der Waals surface area contributed by atoms with E-state index in [1.54, 1.807) is 25.5 Å². The Hall–Kier alpha value is -3.32. The number of fused-ring (bicyclic) bond motifs is 1. The van der Waals surface area contributed by atoms with E-state index in [1.165, 1.54) is 10.9 Å². The van der Waals surface area contributed by atoms with E-state index < -0.39 is 31.1 Å². The number of nitrogens with zero attached hydrogens (tertiary/aromatic N) is 5. The van der Waals surface area contributed by atoms with Gasteiger partial charge in [-0.15, -0.1) is 0 Å². The minimum absolute atomic E-state index is 0.132. The second-order valence-electron chi connectivity index (χ2n) is 6.61. The predicted molar refractivity (Wildman–Crippen MR) is 107 cm³/mol. The van der Waals surface area contributed by atoms with Gasteiger partial charge in [-0.1, -0.05) is 0 Å². The van der Waals surface area contributed by atoms with Crippen molar-refractivity contribution < 1.29 is 24.8 Å². The lowest BCUT2D eigenvalue weighted by Gasteiger charge is -2.18. The highest BCUT2D eigenvalue weighted by molar-refractivity contribution is 5.84. The number of methoxy groups -OCH3 is 1. The van der Waals surface area contributed by atoms with Gasteiger partial charge in [-0.25, -0.2) is 20.4 Å². The van der Waals surface area contributed by atoms with Crippen LogP contribution in [0.5, 0.6) is 5.75 Å².